The first-order valence-corrected chi connectivity index (χ1v) is 9.83. The van der Waals surface area contributed by atoms with Crippen molar-refractivity contribution in [3.63, 3.8) is 0 Å². The molecule has 0 spiro atoms. The van der Waals surface area contributed by atoms with Gasteiger partial charge in [-0.25, -0.2) is 4.79 Å². The number of aromatic nitrogens is 4. The average molecular weight is 429 g/mol. The second-order valence-corrected chi connectivity index (χ2v) is 6.58. The molecule has 0 unspecified atom stereocenters. The van der Waals surface area contributed by atoms with E-state index in [0.29, 0.717) is 22.8 Å². The lowest BCUT2D eigenvalue weighted by Crippen LogP contribution is -2.19. The van der Waals surface area contributed by atoms with Crippen LogP contribution < -0.4 is 5.32 Å². The van der Waals surface area contributed by atoms with Crippen LogP contribution >= 0.6 is 0 Å². The van der Waals surface area contributed by atoms with Gasteiger partial charge in [0, 0.05) is 17.3 Å². The van der Waals surface area contributed by atoms with Gasteiger partial charge < -0.3 is 14.5 Å². The predicted molar refractivity (Wildman–Crippen MR) is 117 cm³/mol. The van der Waals surface area contributed by atoms with Crippen LogP contribution in [-0.2, 0) is 9.53 Å². The highest BCUT2D eigenvalue weighted by molar-refractivity contribution is 6.24. The molecule has 9 nitrogen and oxygen atoms in total. The minimum atomic E-state index is -0.494. The van der Waals surface area contributed by atoms with Crippen LogP contribution in [0.25, 0.3) is 23.2 Å². The molecule has 4 aromatic rings. The zero-order chi connectivity index (χ0) is 22.3. The van der Waals surface area contributed by atoms with Gasteiger partial charge in [-0.15, -0.1) is 5.10 Å². The molecule has 1 N–H and O–H groups in total. The predicted octanol–water partition coefficient (Wildman–Crippen LogP) is 3.75. The number of ether oxygens (including phenoxy) is 1. The lowest BCUT2D eigenvalue weighted by molar-refractivity contribution is -0.111. The number of benzene rings is 2. The largest absolute Gasteiger partial charge is 0.465 e. The van der Waals surface area contributed by atoms with Crippen LogP contribution in [0.4, 0.5) is 5.69 Å². The van der Waals surface area contributed by atoms with Crippen molar-refractivity contribution in [2.75, 3.05) is 11.9 Å². The number of rotatable bonds is 7. The zero-order valence-electron chi connectivity index (χ0n) is 17.1. The second kappa shape index (κ2) is 9.52. The van der Waals surface area contributed by atoms with Crippen molar-refractivity contribution >= 4 is 29.3 Å². The van der Waals surface area contributed by atoms with E-state index >= 15 is 0 Å². The number of nitrogens with zero attached hydrogens (tertiary/aromatic N) is 4. The third kappa shape index (κ3) is 4.62. The fourth-order valence-corrected chi connectivity index (χ4v) is 2.98. The highest BCUT2D eigenvalue weighted by Crippen LogP contribution is 2.22. The molecule has 0 atom stereocenters. The maximum absolute atomic E-state index is 13.3. The van der Waals surface area contributed by atoms with Crippen molar-refractivity contribution < 1.29 is 18.7 Å². The Labute approximate surface area is 183 Å². The number of carbonyl (C=O) groups excluding carboxylic acids is 2. The SMILES string of the molecule is CCOC(=O)c1cccc(NC(=O)/C(=C/c2ccco2)n2nnnc2-c2ccccc2)c1. The van der Waals surface area contributed by atoms with Gasteiger partial charge in [-0.1, -0.05) is 36.4 Å². The van der Waals surface area contributed by atoms with Crippen molar-refractivity contribution in [1.82, 2.24) is 20.2 Å². The fourth-order valence-electron chi connectivity index (χ4n) is 2.98. The summed E-state index contributed by atoms with van der Waals surface area (Å²) in [6, 6.07) is 19.2. The lowest BCUT2D eigenvalue weighted by Gasteiger charge is -2.11. The molecule has 2 aromatic carbocycles. The summed E-state index contributed by atoms with van der Waals surface area (Å²) in [6.07, 6.45) is 3.04. The zero-order valence-corrected chi connectivity index (χ0v) is 17.1. The van der Waals surface area contributed by atoms with Crippen LogP contribution in [0.15, 0.2) is 77.4 Å². The van der Waals surface area contributed by atoms with Gasteiger partial charge in [-0.3, -0.25) is 4.79 Å². The molecular weight excluding hydrogens is 410 g/mol. The van der Waals surface area contributed by atoms with Crippen LogP contribution in [-0.4, -0.2) is 38.7 Å². The van der Waals surface area contributed by atoms with E-state index in [4.69, 9.17) is 9.15 Å². The smallest absolute Gasteiger partial charge is 0.338 e. The molecule has 0 aliphatic carbocycles. The Hall–Kier alpha value is -4.53. The van der Waals surface area contributed by atoms with Gasteiger partial charge in [0.2, 0.25) is 0 Å². The summed E-state index contributed by atoms with van der Waals surface area (Å²) in [5, 5.41) is 14.6. The number of furan rings is 1. The summed E-state index contributed by atoms with van der Waals surface area (Å²) in [6.45, 7) is 1.98. The normalized spacial score (nSPS) is 11.2. The van der Waals surface area contributed by atoms with Crippen LogP contribution in [0.2, 0.25) is 0 Å². The Kier molecular flexibility index (Phi) is 6.17. The molecule has 9 heteroatoms. The van der Waals surface area contributed by atoms with E-state index in [1.165, 1.54) is 23.1 Å². The Morgan fingerprint density at radius 2 is 1.94 bits per heavy atom. The number of amides is 1. The molecular formula is C23H19N5O4. The first-order valence-electron chi connectivity index (χ1n) is 9.83. The molecule has 0 fully saturated rings. The molecule has 1 amide bonds. The van der Waals surface area contributed by atoms with Gasteiger partial charge in [0.25, 0.3) is 5.91 Å². The summed E-state index contributed by atoms with van der Waals surface area (Å²) in [5.74, 6) is -0.127. The third-order valence-corrected chi connectivity index (χ3v) is 4.42. The minimum absolute atomic E-state index is 0.130. The highest BCUT2D eigenvalue weighted by Gasteiger charge is 2.20. The van der Waals surface area contributed by atoms with E-state index in [0.717, 1.165) is 5.56 Å². The van der Waals surface area contributed by atoms with Gasteiger partial charge in [0.1, 0.15) is 11.5 Å². The quantitative estimate of drug-likeness (QED) is 0.352. The van der Waals surface area contributed by atoms with Gasteiger partial charge in [-0.2, -0.15) is 4.68 Å². The first kappa shape index (κ1) is 20.7. The van der Waals surface area contributed by atoms with E-state index in [1.807, 2.05) is 30.3 Å². The summed E-state index contributed by atoms with van der Waals surface area (Å²) in [5.41, 5.74) is 1.61. The van der Waals surface area contributed by atoms with Gasteiger partial charge >= 0.3 is 5.97 Å². The van der Waals surface area contributed by atoms with Crippen molar-refractivity contribution in [1.29, 1.82) is 0 Å². The maximum Gasteiger partial charge on any atom is 0.338 e. The van der Waals surface area contributed by atoms with Crippen molar-refractivity contribution in [3.05, 3.63) is 84.3 Å². The Morgan fingerprint density at radius 1 is 1.09 bits per heavy atom. The topological polar surface area (TPSA) is 112 Å². The standard InChI is InChI=1S/C23H19N5O4/c1-2-31-23(30)17-10-6-11-18(14-17)24-22(29)20(15-19-12-7-13-32-19)28-21(25-26-27-28)16-8-4-3-5-9-16/h3-15H,2H2,1H3,(H,24,29)/b20-15-. The number of hydrogen-bond donors (Lipinski definition) is 1. The van der Waals surface area contributed by atoms with Gasteiger partial charge in [-0.05, 0) is 47.7 Å². The summed E-state index contributed by atoms with van der Waals surface area (Å²) >= 11 is 0. The number of carbonyl (C=O) groups is 2. The molecule has 0 aliphatic heterocycles. The van der Waals surface area contributed by atoms with Gasteiger partial charge in [0.15, 0.2) is 5.82 Å². The van der Waals surface area contributed by atoms with Crippen LogP contribution in [0.1, 0.15) is 23.0 Å². The molecule has 32 heavy (non-hydrogen) atoms. The molecule has 0 saturated carbocycles. The van der Waals surface area contributed by atoms with Crippen molar-refractivity contribution in [2.24, 2.45) is 0 Å². The lowest BCUT2D eigenvalue weighted by atomic mass is 10.2. The number of nitrogens with one attached hydrogen (secondary N) is 1. The Balaban J connectivity index is 1.69. The molecule has 0 aliphatic rings. The average Bonchev–Trinajstić information content (AvgIpc) is 3.50. The number of tetrazole rings is 1. The van der Waals surface area contributed by atoms with Crippen molar-refractivity contribution in [3.8, 4) is 11.4 Å². The molecule has 4 rings (SSSR count). The maximum atomic E-state index is 13.3. The molecule has 160 valence electrons. The fraction of sp³-hybridized carbons (Fsp3) is 0.0870. The monoisotopic (exact) mass is 429 g/mol. The Bertz CT molecular complexity index is 1250. The summed E-state index contributed by atoms with van der Waals surface area (Å²) in [7, 11) is 0. The highest BCUT2D eigenvalue weighted by atomic mass is 16.5. The van der Waals surface area contributed by atoms with E-state index in [-0.39, 0.29) is 12.3 Å². The number of esters is 1. The van der Waals surface area contributed by atoms with Gasteiger partial charge in [0.05, 0.1) is 18.4 Å². The summed E-state index contributed by atoms with van der Waals surface area (Å²) < 4.78 is 11.7. The minimum Gasteiger partial charge on any atom is -0.465 e. The van der Waals surface area contributed by atoms with E-state index in [9.17, 15) is 9.59 Å². The third-order valence-electron chi connectivity index (χ3n) is 4.42. The number of anilines is 1. The van der Waals surface area contributed by atoms with E-state index in [1.54, 1.807) is 37.3 Å². The number of hydrogen-bond acceptors (Lipinski definition) is 7. The van der Waals surface area contributed by atoms with E-state index < -0.39 is 11.9 Å². The molecule has 0 saturated heterocycles. The molecule has 0 bridgehead atoms. The summed E-state index contributed by atoms with van der Waals surface area (Å²) in [4.78, 5) is 25.3. The van der Waals surface area contributed by atoms with Crippen molar-refractivity contribution in [2.45, 2.75) is 6.92 Å². The second-order valence-electron chi connectivity index (χ2n) is 6.58. The van der Waals surface area contributed by atoms with Crippen LogP contribution in [0, 0.1) is 0 Å². The molecule has 2 heterocycles. The van der Waals surface area contributed by atoms with E-state index in [2.05, 4.69) is 20.8 Å². The first-order chi connectivity index (χ1) is 15.7. The molecule has 0 radical (unpaired) electrons. The Morgan fingerprint density at radius 3 is 2.69 bits per heavy atom. The molecule has 2 aromatic heterocycles. The van der Waals surface area contributed by atoms with Crippen LogP contribution in [0.3, 0.4) is 0 Å². The van der Waals surface area contributed by atoms with Crippen LogP contribution in [0.5, 0.6) is 0 Å².